The molecule has 4 heterocycles. The molecule has 0 bridgehead atoms. The van der Waals surface area contributed by atoms with E-state index in [4.69, 9.17) is 23.9 Å². The van der Waals surface area contributed by atoms with E-state index in [1.807, 2.05) is 30.3 Å². The molecule has 2 atom stereocenters. The Labute approximate surface area is 258 Å². The minimum Gasteiger partial charge on any atom is -0.485 e. The van der Waals surface area contributed by atoms with Gasteiger partial charge in [-0.1, -0.05) is 24.3 Å². The van der Waals surface area contributed by atoms with E-state index in [9.17, 15) is 18.0 Å². The average Bonchev–Trinajstić information content (AvgIpc) is 3.37. The van der Waals surface area contributed by atoms with Gasteiger partial charge in [0, 0.05) is 23.3 Å². The molecule has 236 valence electrons. The minimum absolute atomic E-state index is 0.0911. The molecule has 4 aromatic rings. The Hall–Kier alpha value is -4.09. The molecule has 7 rings (SSSR count). The maximum atomic E-state index is 14.8. The van der Waals surface area contributed by atoms with Gasteiger partial charge in [0.1, 0.15) is 18.2 Å². The lowest BCUT2D eigenvalue weighted by atomic mass is 9.88. The van der Waals surface area contributed by atoms with Crippen molar-refractivity contribution in [1.82, 2.24) is 14.5 Å². The van der Waals surface area contributed by atoms with Crippen molar-refractivity contribution in [3.8, 4) is 11.5 Å². The Kier molecular flexibility index (Phi) is 8.14. The predicted octanol–water partition coefficient (Wildman–Crippen LogP) is 6.58. The first-order valence-corrected chi connectivity index (χ1v) is 15.3. The molecule has 0 saturated carbocycles. The van der Waals surface area contributed by atoms with Gasteiger partial charge in [-0.15, -0.1) is 0 Å². The monoisotopic (exact) mass is 621 g/mol. The van der Waals surface area contributed by atoms with E-state index < -0.39 is 18.3 Å². The number of fused-ring (bicyclic) bond motifs is 2. The minimum atomic E-state index is -2.74. The highest BCUT2D eigenvalue weighted by atomic mass is 19.3. The molecular formula is C34H34F3N3O5. The van der Waals surface area contributed by atoms with Gasteiger partial charge in [0.05, 0.1) is 42.9 Å². The summed E-state index contributed by atoms with van der Waals surface area (Å²) in [6.45, 7) is 3.84. The van der Waals surface area contributed by atoms with Gasteiger partial charge in [0.15, 0.2) is 17.6 Å². The summed E-state index contributed by atoms with van der Waals surface area (Å²) >= 11 is 0. The quantitative estimate of drug-likeness (QED) is 0.206. The van der Waals surface area contributed by atoms with Gasteiger partial charge in [-0.05, 0) is 68.6 Å². The number of para-hydroxylation sites is 1. The van der Waals surface area contributed by atoms with E-state index in [2.05, 4.69) is 9.47 Å². The number of benzene rings is 3. The Balaban J connectivity index is 1.07. The first-order valence-electron chi connectivity index (χ1n) is 15.3. The molecular weight excluding hydrogens is 587 g/mol. The van der Waals surface area contributed by atoms with Crippen molar-refractivity contribution in [2.45, 2.75) is 56.9 Å². The Morgan fingerprint density at radius 2 is 1.89 bits per heavy atom. The van der Waals surface area contributed by atoms with Crippen LogP contribution in [-0.4, -0.2) is 59.9 Å². The second-order valence-electron chi connectivity index (χ2n) is 11.8. The number of esters is 1. The molecule has 0 amide bonds. The van der Waals surface area contributed by atoms with Crippen molar-refractivity contribution in [2.24, 2.45) is 0 Å². The van der Waals surface area contributed by atoms with Crippen LogP contribution in [0.15, 0.2) is 54.6 Å². The summed E-state index contributed by atoms with van der Waals surface area (Å²) < 4.78 is 66.1. The number of carbonyl (C=O) groups is 1. The van der Waals surface area contributed by atoms with Crippen LogP contribution in [0.5, 0.6) is 11.5 Å². The van der Waals surface area contributed by atoms with Gasteiger partial charge in [-0.3, -0.25) is 4.90 Å². The predicted molar refractivity (Wildman–Crippen MR) is 159 cm³/mol. The van der Waals surface area contributed by atoms with Gasteiger partial charge >= 0.3 is 5.97 Å². The molecule has 0 spiro atoms. The first kappa shape index (κ1) is 29.6. The number of likely N-dealkylation sites (tertiary alicyclic amines) is 1. The molecule has 0 radical (unpaired) electrons. The molecule has 1 aromatic heterocycles. The zero-order valence-corrected chi connectivity index (χ0v) is 24.9. The van der Waals surface area contributed by atoms with Gasteiger partial charge in [-0.25, -0.2) is 22.9 Å². The molecule has 0 aliphatic carbocycles. The lowest BCUT2D eigenvalue weighted by Crippen LogP contribution is -2.35. The van der Waals surface area contributed by atoms with Crippen LogP contribution in [0.1, 0.15) is 70.6 Å². The molecule has 3 aliphatic heterocycles. The van der Waals surface area contributed by atoms with Crippen LogP contribution < -0.4 is 9.47 Å². The van der Waals surface area contributed by atoms with E-state index in [1.165, 1.54) is 19.2 Å². The highest BCUT2D eigenvalue weighted by Crippen LogP contribution is 2.45. The molecule has 3 aromatic carbocycles. The number of nitrogens with zero attached hydrogens (tertiary/aromatic N) is 3. The number of alkyl halides is 2. The molecule has 3 aliphatic rings. The third-order valence-electron chi connectivity index (χ3n) is 9.10. The summed E-state index contributed by atoms with van der Waals surface area (Å²) in [6, 6.07) is 14.7. The van der Waals surface area contributed by atoms with Gasteiger partial charge in [-0.2, -0.15) is 0 Å². The van der Waals surface area contributed by atoms with Crippen LogP contribution in [0.3, 0.4) is 0 Å². The van der Waals surface area contributed by atoms with E-state index >= 15 is 0 Å². The number of rotatable bonds is 8. The van der Waals surface area contributed by atoms with Crippen LogP contribution in [0.25, 0.3) is 11.0 Å². The first-order chi connectivity index (χ1) is 21.9. The number of hydrogen-bond donors (Lipinski definition) is 0. The molecule has 8 nitrogen and oxygen atoms in total. The molecule has 0 N–H and O–H groups in total. The number of aromatic nitrogens is 2. The zero-order chi connectivity index (χ0) is 31.1. The third-order valence-corrected chi connectivity index (χ3v) is 9.10. The normalized spacial score (nSPS) is 20.4. The summed E-state index contributed by atoms with van der Waals surface area (Å²) in [4.78, 5) is 19.5. The standard InChI is InChI=1S/C34H34F3N3O5/c1-42-34(41)22-6-8-27-28(16-22)40(17-23-11-14-43-23)31(38-27)18-39-12-9-20(10-13-39)24-3-2-4-29-32(24)45-30(19-44-29)25-7-5-21(33(36)37)15-26(25)35/h2-8,15-16,20,23,30,33H,9-14,17-19H2,1H3/t23-,30+/m0/s1. The van der Waals surface area contributed by atoms with Crippen molar-refractivity contribution < 1.29 is 36.9 Å². The molecule has 11 heteroatoms. The Morgan fingerprint density at radius 3 is 2.60 bits per heavy atom. The maximum Gasteiger partial charge on any atom is 0.337 e. The fourth-order valence-electron chi connectivity index (χ4n) is 6.51. The fraction of sp³-hybridized carbons (Fsp3) is 0.412. The molecule has 0 unspecified atom stereocenters. The summed E-state index contributed by atoms with van der Waals surface area (Å²) in [6.07, 6.45) is -0.619. The van der Waals surface area contributed by atoms with Crippen molar-refractivity contribution in [2.75, 3.05) is 33.4 Å². The van der Waals surface area contributed by atoms with Crippen LogP contribution >= 0.6 is 0 Å². The van der Waals surface area contributed by atoms with E-state index in [-0.39, 0.29) is 35.7 Å². The number of methoxy groups -OCH3 is 1. The highest BCUT2D eigenvalue weighted by molar-refractivity contribution is 5.93. The second kappa shape index (κ2) is 12.4. The Morgan fingerprint density at radius 1 is 1.07 bits per heavy atom. The van der Waals surface area contributed by atoms with Crippen molar-refractivity contribution in [1.29, 1.82) is 0 Å². The third kappa shape index (κ3) is 5.86. The lowest BCUT2D eigenvalue weighted by Gasteiger charge is -2.35. The zero-order valence-electron chi connectivity index (χ0n) is 24.9. The van der Waals surface area contributed by atoms with Crippen molar-refractivity contribution in [3.63, 3.8) is 0 Å². The average molecular weight is 622 g/mol. The highest BCUT2D eigenvalue weighted by Gasteiger charge is 2.32. The Bertz CT molecular complexity index is 1710. The molecule has 45 heavy (non-hydrogen) atoms. The molecule has 2 saturated heterocycles. The number of ether oxygens (including phenoxy) is 4. The second-order valence-corrected chi connectivity index (χ2v) is 11.8. The van der Waals surface area contributed by atoms with Crippen molar-refractivity contribution >= 4 is 17.0 Å². The van der Waals surface area contributed by atoms with E-state index in [0.717, 1.165) is 67.4 Å². The maximum absolute atomic E-state index is 14.8. The number of halogens is 3. The number of carbonyl (C=O) groups excluding carboxylic acids is 1. The van der Waals surface area contributed by atoms with E-state index in [0.29, 0.717) is 30.2 Å². The molecule has 2 fully saturated rings. The summed E-state index contributed by atoms with van der Waals surface area (Å²) in [5.74, 6) is 1.22. The lowest BCUT2D eigenvalue weighted by molar-refractivity contribution is -0.0592. The fourth-order valence-corrected chi connectivity index (χ4v) is 6.51. The summed E-state index contributed by atoms with van der Waals surface area (Å²) in [5.41, 5.74) is 3.05. The van der Waals surface area contributed by atoms with E-state index in [1.54, 1.807) is 6.07 Å². The van der Waals surface area contributed by atoms with Crippen LogP contribution in [0.4, 0.5) is 13.2 Å². The van der Waals surface area contributed by atoms with Crippen LogP contribution in [0.2, 0.25) is 0 Å². The summed E-state index contributed by atoms with van der Waals surface area (Å²) in [5, 5.41) is 0. The van der Waals surface area contributed by atoms with Crippen LogP contribution in [-0.2, 0) is 22.6 Å². The number of hydrogen-bond acceptors (Lipinski definition) is 7. The number of imidazole rings is 1. The van der Waals surface area contributed by atoms with Crippen molar-refractivity contribution in [3.05, 3.63) is 88.5 Å². The van der Waals surface area contributed by atoms with Crippen LogP contribution in [0, 0.1) is 5.82 Å². The smallest absolute Gasteiger partial charge is 0.337 e. The van der Waals surface area contributed by atoms with Gasteiger partial charge in [0.2, 0.25) is 0 Å². The SMILES string of the molecule is COC(=O)c1ccc2nc(CN3CCC(c4cccc5c4O[C@@H](c4ccc(C(F)F)cc4F)CO5)CC3)n(C[C@@H]3CCO3)c2c1. The van der Waals surface area contributed by atoms with Gasteiger partial charge < -0.3 is 23.5 Å². The summed E-state index contributed by atoms with van der Waals surface area (Å²) in [7, 11) is 1.38. The topological polar surface area (TPSA) is 75.0 Å². The van der Waals surface area contributed by atoms with Gasteiger partial charge in [0.25, 0.3) is 6.43 Å². The largest absolute Gasteiger partial charge is 0.485 e. The number of piperidine rings is 1.